The lowest BCUT2D eigenvalue weighted by atomic mass is 9.92. The number of carbonyl (C=O) groups is 9. The number of nitrogens with one attached hydrogen (secondary N) is 1. The van der Waals surface area contributed by atoms with Crippen LogP contribution in [0.4, 0.5) is 0 Å². The predicted molar refractivity (Wildman–Crippen MR) is 494 cm³/mol. The highest BCUT2D eigenvalue weighted by Gasteiger charge is 2.26. The van der Waals surface area contributed by atoms with Crippen molar-refractivity contribution in [1.29, 1.82) is 0 Å². The maximum absolute atomic E-state index is 11.5. The Hall–Kier alpha value is -10.3. The fraction of sp³-hybridized carbons (Fsp3) is 0.611. The minimum absolute atomic E-state index is 0. The van der Waals surface area contributed by atoms with Crippen LogP contribution < -0.4 is 5.32 Å². The van der Waals surface area contributed by atoms with Crippen molar-refractivity contribution in [1.82, 2.24) is 74.7 Å². The third kappa shape index (κ3) is 53.0. The number of sulfone groups is 1. The van der Waals surface area contributed by atoms with E-state index in [-0.39, 0.29) is 95.4 Å². The summed E-state index contributed by atoms with van der Waals surface area (Å²) in [7, 11) is 2.79. The molecule has 1 aliphatic rings. The molecule has 0 spiro atoms. The van der Waals surface area contributed by atoms with Crippen LogP contribution in [0.2, 0.25) is 0 Å². The van der Waals surface area contributed by atoms with Gasteiger partial charge in [0.15, 0.2) is 9.84 Å². The Balaban J connectivity index is 0. The van der Waals surface area contributed by atoms with E-state index >= 15 is 0 Å². The van der Waals surface area contributed by atoms with E-state index in [4.69, 9.17) is 4.42 Å². The van der Waals surface area contributed by atoms with Crippen molar-refractivity contribution in [2.75, 3.05) is 38.2 Å². The topological polar surface area (TPSA) is 369 Å². The number of hydrogen-bond donors (Lipinski definition) is 1. The van der Waals surface area contributed by atoms with Gasteiger partial charge >= 0.3 is 0 Å². The molecule has 30 heteroatoms. The van der Waals surface area contributed by atoms with Crippen molar-refractivity contribution in [2.45, 2.75) is 269 Å². The van der Waals surface area contributed by atoms with Crippen molar-refractivity contribution < 1.29 is 66.5 Å². The van der Waals surface area contributed by atoms with E-state index in [9.17, 15) is 51.6 Å². The molecule has 0 bridgehead atoms. The Bertz CT molecular complexity index is 4200. The zero-order valence-electron chi connectivity index (χ0n) is 80.7. The zero-order valence-corrected chi connectivity index (χ0v) is 81.5. The number of benzene rings is 1. The minimum Gasteiger partial charge on any atom is -0.426 e. The van der Waals surface area contributed by atoms with Crippen molar-refractivity contribution >= 4 is 62.1 Å². The third-order valence-electron chi connectivity index (χ3n) is 19.7. The number of ketones is 7. The fourth-order valence-electron chi connectivity index (χ4n) is 10.5. The molecule has 0 saturated carbocycles. The second kappa shape index (κ2) is 62.8. The average Bonchev–Trinajstić information content (AvgIpc) is 1.87. The van der Waals surface area contributed by atoms with E-state index in [0.717, 1.165) is 59.8 Å². The molecule has 29 nitrogen and oxygen atoms in total. The molecule has 0 aliphatic carbocycles. The highest BCUT2D eigenvalue weighted by atomic mass is 32.2. The monoisotopic (exact) mass is 1760 g/mol. The van der Waals surface area contributed by atoms with Gasteiger partial charge in [0, 0.05) is 221 Å². The first-order chi connectivity index (χ1) is 58.5. The van der Waals surface area contributed by atoms with Crippen LogP contribution >= 0.6 is 0 Å². The Kier molecular flexibility index (Phi) is 57.6. The number of Topliss-reactive ketones (excluding diaryl/α,β-unsaturated/α-hetero) is 7. The highest BCUT2D eigenvalue weighted by Crippen LogP contribution is 2.21. The van der Waals surface area contributed by atoms with Gasteiger partial charge in [0.1, 0.15) is 53.0 Å². The van der Waals surface area contributed by atoms with Gasteiger partial charge in [-0.1, -0.05) is 193 Å². The molecule has 0 radical (unpaired) electrons. The van der Waals surface area contributed by atoms with Crippen molar-refractivity contribution in [3.05, 3.63) is 168 Å². The van der Waals surface area contributed by atoms with Crippen LogP contribution in [0.3, 0.4) is 0 Å². The molecule has 7 aromatic heterocycles. The van der Waals surface area contributed by atoms with Crippen molar-refractivity contribution in [3.63, 3.8) is 0 Å². The second-order valence-corrected chi connectivity index (χ2v) is 36.5. The first kappa shape index (κ1) is 115. The maximum atomic E-state index is 11.5. The number of amides is 2. The Morgan fingerprint density at radius 3 is 1.42 bits per heavy atom. The maximum Gasteiger partial charge on any atom is 0.225 e. The molecule has 1 N–H and O–H groups in total. The molecule has 1 fully saturated rings. The summed E-state index contributed by atoms with van der Waals surface area (Å²) in [5.74, 6) is 5.49. The van der Waals surface area contributed by atoms with Crippen LogP contribution in [0.1, 0.15) is 256 Å². The summed E-state index contributed by atoms with van der Waals surface area (Å²) < 4.78 is 43.8. The molecule has 1 saturated heterocycles. The van der Waals surface area contributed by atoms with Gasteiger partial charge in [-0.05, 0) is 74.8 Å². The summed E-state index contributed by atoms with van der Waals surface area (Å²) in [4.78, 5) is 105. The van der Waals surface area contributed by atoms with E-state index in [0.29, 0.717) is 131 Å². The molecule has 0 unspecified atom stereocenters. The quantitative estimate of drug-likeness (QED) is 0.0385. The Morgan fingerprint density at radius 1 is 0.536 bits per heavy atom. The second-order valence-electron chi connectivity index (χ2n) is 34.2. The first-order valence-electron chi connectivity index (χ1n) is 43.9. The zero-order chi connectivity index (χ0) is 95.2. The van der Waals surface area contributed by atoms with Gasteiger partial charge in [-0.3, -0.25) is 61.9 Å². The van der Waals surface area contributed by atoms with Gasteiger partial charge in [0.05, 0.1) is 47.5 Å². The van der Waals surface area contributed by atoms with Crippen LogP contribution in [0.25, 0.3) is 0 Å². The Labute approximate surface area is 748 Å². The molecule has 1 atom stereocenters. The Morgan fingerprint density at radius 2 is 1.02 bits per heavy atom. The van der Waals surface area contributed by atoms with Gasteiger partial charge in [0.25, 0.3) is 0 Å². The van der Waals surface area contributed by atoms with E-state index in [1.165, 1.54) is 17.5 Å². The molecule has 700 valence electrons. The van der Waals surface area contributed by atoms with E-state index in [2.05, 4.69) is 94.8 Å². The summed E-state index contributed by atoms with van der Waals surface area (Å²) in [5.41, 5.74) is 8.58. The molecule has 1 aliphatic heterocycles. The average molecular weight is 1760 g/mol. The van der Waals surface area contributed by atoms with Crippen LogP contribution in [-0.2, 0) is 112 Å². The van der Waals surface area contributed by atoms with E-state index < -0.39 is 9.84 Å². The summed E-state index contributed by atoms with van der Waals surface area (Å²) in [6.07, 6.45) is 20.8. The molecule has 8 aromatic rings. The lowest BCUT2D eigenvalue weighted by Crippen LogP contribution is -2.45. The number of nitrogens with zero attached hydrogens (tertiary/aromatic N) is 14. The number of aromatic nitrogens is 12. The molecule has 8 heterocycles. The predicted octanol–water partition coefficient (Wildman–Crippen LogP) is 16.7. The smallest absolute Gasteiger partial charge is 0.225 e. The highest BCUT2D eigenvalue weighted by molar-refractivity contribution is 7.91. The third-order valence-corrected chi connectivity index (χ3v) is 21.3. The SMILES string of the molecule is C=C(NCc1ccnn1C)C(C)C.CC(C)C(=O)CCc1ccnn1C.CC(C)C(=O)CCc1ccon1.CC(C)C(=O)CCc1cnoc1.CC(C)C(=O)C[C@H](C)c1ccccc1.CC(C)C(=O)N1CCS(=O)(=O)CC1.CCN(C)C(=O)C(C)C.Cc1ccn(CCC(=O)C(C)C)n1.Cc1cnn(CCC(=O)C(C)C)c1.Cc1nnc(CCC(=O)C(C)C)o1.[HH]. The number of hydrogen-bond acceptors (Lipinski definition) is 23. The number of allylic oxidation sites excluding steroid dienone is 1. The van der Waals surface area contributed by atoms with Crippen LogP contribution in [-0.4, -0.2) is 168 Å². The molecule has 125 heavy (non-hydrogen) atoms. The standard InChI is InChI=1S/C13H18O.C10H17N3.3C10H16N2O.C9H14N2O2.2C9H13NO2.C8H15NO3S.C7H15NO.H2/c1-10(2)13(14)9-11(3)12-7-5-4-6-8-12;1-8(2)9(3)11-7-10-5-6-12-13(10)4;1-8(2)10(13)5-7-12-6-4-9(3)11-12;1-8(2)10(13)4-5-12-7-9(3)6-11-12;1-8(2)10(13)5-4-9-6-7-11-12(9)3;1-6(2)8(12)4-5-9-11-10-7(3)13-9;1-7(2)9(11)4-3-8-5-10-12-6-8;1-7(2)9(11)4-3-8-5-6-12-10-8;1-7(2)8(10)9-3-5-13(11,12)6-4-9;1-5-8(4)7(9)6(2)3;/h4-8,10-11H,9H2,1-3H3;5-6,8,11H,3,7H2,1-2,4H3;4,6,8H,5,7H2,1-3H3;2*6-8H,4-5H2,1-3H3;6H,4-5H2,1-3H3;2*5-7H,3-4H2,1-2H3;7H,3-6H2,1-2H3;6H,5H2,1-4H3;1H/t11-;;;;;;;;;;/m0........../s1. The molecular formula is C95H155N15O14S. The molecule has 1 aromatic carbocycles. The van der Waals surface area contributed by atoms with Gasteiger partial charge in [0.2, 0.25) is 23.6 Å². The molecule has 2 amide bonds. The number of aryl methyl sites for hydroxylation is 11. The lowest BCUT2D eigenvalue weighted by molar-refractivity contribution is -0.134. The van der Waals surface area contributed by atoms with Crippen LogP contribution in [0.5, 0.6) is 0 Å². The largest absolute Gasteiger partial charge is 0.426 e. The van der Waals surface area contributed by atoms with Gasteiger partial charge in [-0.2, -0.15) is 20.4 Å². The summed E-state index contributed by atoms with van der Waals surface area (Å²) in [6, 6.07) is 17.9. The first-order valence-corrected chi connectivity index (χ1v) is 45.7. The number of rotatable bonds is 35. The summed E-state index contributed by atoms with van der Waals surface area (Å²) in [5, 5.41) is 34.5. The fourth-order valence-corrected chi connectivity index (χ4v) is 11.7. The molecule has 9 rings (SSSR count). The van der Waals surface area contributed by atoms with Crippen LogP contribution in [0.15, 0.2) is 130 Å². The van der Waals surface area contributed by atoms with Crippen molar-refractivity contribution in [2.24, 2.45) is 73.3 Å². The van der Waals surface area contributed by atoms with E-state index in [1.807, 2.05) is 234 Å². The normalized spacial score (nSPS) is 12.0. The summed E-state index contributed by atoms with van der Waals surface area (Å²) >= 11 is 0. The van der Waals surface area contributed by atoms with Crippen molar-refractivity contribution in [3.8, 4) is 0 Å². The van der Waals surface area contributed by atoms with Gasteiger partial charge < -0.3 is 28.6 Å². The summed E-state index contributed by atoms with van der Waals surface area (Å²) in [6.45, 7) is 56.1. The van der Waals surface area contributed by atoms with Gasteiger partial charge in [-0.25, -0.2) is 8.42 Å². The number of carbonyl (C=O) groups excluding carboxylic acids is 9. The van der Waals surface area contributed by atoms with Gasteiger partial charge in [-0.15, -0.1) is 10.2 Å². The minimum atomic E-state index is -2.87. The lowest BCUT2D eigenvalue weighted by Gasteiger charge is -2.28. The van der Waals surface area contributed by atoms with E-state index in [1.54, 1.807) is 53.8 Å². The van der Waals surface area contributed by atoms with Crippen LogP contribution in [0, 0.1) is 80.0 Å². The molecular weight excluding hydrogens is 1610 g/mol.